The number of hydrogen-bond donors (Lipinski definition) is 3. The Hall–Kier alpha value is -1.61. The van der Waals surface area contributed by atoms with Crippen LogP contribution in [0, 0.1) is 5.41 Å². The molecule has 0 radical (unpaired) electrons. The SMILES string of the molecule is C=Cc1c(C=N)cccc1NC1CCCNC1. The zero-order valence-corrected chi connectivity index (χ0v) is 10.00. The fourth-order valence-corrected chi connectivity index (χ4v) is 2.26. The van der Waals surface area contributed by atoms with Crippen LogP contribution in [0.15, 0.2) is 24.8 Å². The third-order valence-corrected chi connectivity index (χ3v) is 3.16. The Labute approximate surface area is 102 Å². The van der Waals surface area contributed by atoms with Gasteiger partial charge in [0.2, 0.25) is 0 Å². The largest absolute Gasteiger partial charge is 0.381 e. The van der Waals surface area contributed by atoms with Crippen molar-refractivity contribution in [3.63, 3.8) is 0 Å². The van der Waals surface area contributed by atoms with E-state index in [0.717, 1.165) is 29.9 Å². The minimum atomic E-state index is 0.475. The molecule has 17 heavy (non-hydrogen) atoms. The van der Waals surface area contributed by atoms with Crippen LogP contribution < -0.4 is 10.6 Å². The van der Waals surface area contributed by atoms with Gasteiger partial charge in [0, 0.05) is 35.6 Å². The van der Waals surface area contributed by atoms with Gasteiger partial charge in [-0.3, -0.25) is 0 Å². The van der Waals surface area contributed by atoms with E-state index in [1.54, 1.807) is 0 Å². The van der Waals surface area contributed by atoms with Crippen LogP contribution >= 0.6 is 0 Å². The summed E-state index contributed by atoms with van der Waals surface area (Å²) >= 11 is 0. The molecule has 0 spiro atoms. The van der Waals surface area contributed by atoms with E-state index in [9.17, 15) is 0 Å². The van der Waals surface area contributed by atoms with Gasteiger partial charge >= 0.3 is 0 Å². The number of rotatable bonds is 4. The lowest BCUT2D eigenvalue weighted by Gasteiger charge is -2.26. The van der Waals surface area contributed by atoms with Crippen molar-refractivity contribution in [2.24, 2.45) is 0 Å². The van der Waals surface area contributed by atoms with E-state index >= 15 is 0 Å². The van der Waals surface area contributed by atoms with Crippen molar-refractivity contribution < 1.29 is 0 Å². The molecule has 3 heteroatoms. The molecule has 1 aromatic carbocycles. The van der Waals surface area contributed by atoms with Gasteiger partial charge in [-0.1, -0.05) is 24.8 Å². The molecule has 1 fully saturated rings. The molecule has 3 N–H and O–H groups in total. The van der Waals surface area contributed by atoms with Crippen molar-refractivity contribution >= 4 is 18.0 Å². The van der Waals surface area contributed by atoms with Crippen molar-refractivity contribution in [1.82, 2.24) is 5.32 Å². The highest BCUT2D eigenvalue weighted by atomic mass is 15.0. The molecule has 1 aliphatic rings. The Morgan fingerprint density at radius 1 is 1.47 bits per heavy atom. The maximum absolute atomic E-state index is 7.39. The fraction of sp³-hybridized carbons (Fsp3) is 0.357. The molecule has 0 aliphatic carbocycles. The molecule has 1 atom stereocenters. The Morgan fingerprint density at radius 3 is 3.00 bits per heavy atom. The molecule has 1 heterocycles. The topological polar surface area (TPSA) is 47.9 Å². The molecule has 0 bridgehead atoms. The molecular weight excluding hydrogens is 210 g/mol. The second-order valence-corrected chi connectivity index (χ2v) is 4.34. The van der Waals surface area contributed by atoms with E-state index in [1.165, 1.54) is 19.1 Å². The molecular formula is C14H19N3. The van der Waals surface area contributed by atoms with Gasteiger partial charge in [-0.15, -0.1) is 0 Å². The number of anilines is 1. The van der Waals surface area contributed by atoms with Crippen LogP contribution in [0.1, 0.15) is 24.0 Å². The molecule has 1 aromatic rings. The number of benzene rings is 1. The van der Waals surface area contributed by atoms with Crippen molar-refractivity contribution in [2.75, 3.05) is 18.4 Å². The highest BCUT2D eigenvalue weighted by Crippen LogP contribution is 2.22. The van der Waals surface area contributed by atoms with E-state index in [2.05, 4.69) is 23.3 Å². The Balaban J connectivity index is 2.19. The first-order valence-electron chi connectivity index (χ1n) is 6.08. The van der Waals surface area contributed by atoms with Crippen LogP contribution in [-0.2, 0) is 0 Å². The Morgan fingerprint density at radius 2 is 2.35 bits per heavy atom. The lowest BCUT2D eigenvalue weighted by molar-refractivity contribution is 0.480. The van der Waals surface area contributed by atoms with Crippen molar-refractivity contribution in [3.8, 4) is 0 Å². The molecule has 0 aromatic heterocycles. The van der Waals surface area contributed by atoms with Gasteiger partial charge in [-0.2, -0.15) is 0 Å². The zero-order valence-electron chi connectivity index (χ0n) is 10.00. The van der Waals surface area contributed by atoms with Crippen LogP contribution in [0.25, 0.3) is 6.08 Å². The summed E-state index contributed by atoms with van der Waals surface area (Å²) in [5.74, 6) is 0. The van der Waals surface area contributed by atoms with Crippen LogP contribution in [0.3, 0.4) is 0 Å². The maximum Gasteiger partial charge on any atom is 0.0422 e. The number of piperidine rings is 1. The molecule has 0 saturated carbocycles. The van der Waals surface area contributed by atoms with E-state index in [1.807, 2.05) is 18.2 Å². The fourth-order valence-electron chi connectivity index (χ4n) is 2.26. The second kappa shape index (κ2) is 5.64. The summed E-state index contributed by atoms with van der Waals surface area (Å²) < 4.78 is 0. The van der Waals surface area contributed by atoms with Gasteiger partial charge in [-0.25, -0.2) is 0 Å². The van der Waals surface area contributed by atoms with E-state index in [0.29, 0.717) is 6.04 Å². The van der Waals surface area contributed by atoms with Gasteiger partial charge in [0.05, 0.1) is 0 Å². The normalized spacial score (nSPS) is 19.6. The first kappa shape index (κ1) is 11.9. The van der Waals surface area contributed by atoms with Crippen molar-refractivity contribution in [1.29, 1.82) is 5.41 Å². The molecule has 1 saturated heterocycles. The van der Waals surface area contributed by atoms with Crippen molar-refractivity contribution in [2.45, 2.75) is 18.9 Å². The van der Waals surface area contributed by atoms with Gasteiger partial charge in [0.15, 0.2) is 0 Å². The zero-order chi connectivity index (χ0) is 12.1. The van der Waals surface area contributed by atoms with Crippen LogP contribution in [0.4, 0.5) is 5.69 Å². The number of hydrogen-bond acceptors (Lipinski definition) is 3. The second-order valence-electron chi connectivity index (χ2n) is 4.34. The van der Waals surface area contributed by atoms with Gasteiger partial charge in [-0.05, 0) is 25.5 Å². The van der Waals surface area contributed by atoms with Gasteiger partial charge in [0.1, 0.15) is 0 Å². The Bertz CT molecular complexity index is 406. The molecule has 1 aliphatic heterocycles. The number of nitrogens with one attached hydrogen (secondary N) is 3. The highest BCUT2D eigenvalue weighted by Gasteiger charge is 2.14. The van der Waals surface area contributed by atoms with E-state index in [4.69, 9.17) is 5.41 Å². The van der Waals surface area contributed by atoms with Crippen LogP contribution in [-0.4, -0.2) is 25.3 Å². The molecule has 90 valence electrons. The summed E-state index contributed by atoms with van der Waals surface area (Å²) in [5, 5.41) is 14.3. The average Bonchev–Trinajstić information content (AvgIpc) is 2.39. The van der Waals surface area contributed by atoms with Gasteiger partial charge in [0.25, 0.3) is 0 Å². The third kappa shape index (κ3) is 2.74. The molecule has 0 amide bonds. The lowest BCUT2D eigenvalue weighted by atomic mass is 10.0. The maximum atomic E-state index is 7.39. The first-order chi connectivity index (χ1) is 8.35. The standard InChI is InChI=1S/C14H19N3/c1-2-13-11(9-15)5-3-7-14(13)17-12-6-4-8-16-10-12/h2-3,5,7,9,12,15-17H,1,4,6,8,10H2. The predicted molar refractivity (Wildman–Crippen MR) is 73.9 cm³/mol. The Kier molecular flexibility index (Phi) is 3.94. The summed E-state index contributed by atoms with van der Waals surface area (Å²) in [5.41, 5.74) is 3.01. The van der Waals surface area contributed by atoms with Gasteiger partial charge < -0.3 is 16.0 Å². The van der Waals surface area contributed by atoms with E-state index < -0.39 is 0 Å². The summed E-state index contributed by atoms with van der Waals surface area (Å²) in [7, 11) is 0. The summed E-state index contributed by atoms with van der Waals surface area (Å²) in [6, 6.07) is 6.45. The summed E-state index contributed by atoms with van der Waals surface area (Å²) in [6.45, 7) is 5.96. The summed E-state index contributed by atoms with van der Waals surface area (Å²) in [6.07, 6.45) is 5.60. The lowest BCUT2D eigenvalue weighted by Crippen LogP contribution is -2.38. The van der Waals surface area contributed by atoms with Crippen molar-refractivity contribution in [3.05, 3.63) is 35.9 Å². The minimum absolute atomic E-state index is 0.475. The smallest absolute Gasteiger partial charge is 0.0422 e. The monoisotopic (exact) mass is 229 g/mol. The first-order valence-corrected chi connectivity index (χ1v) is 6.08. The van der Waals surface area contributed by atoms with Crippen LogP contribution in [0.2, 0.25) is 0 Å². The van der Waals surface area contributed by atoms with E-state index in [-0.39, 0.29) is 0 Å². The predicted octanol–water partition coefficient (Wildman–Crippen LogP) is 2.49. The summed E-state index contributed by atoms with van der Waals surface area (Å²) in [4.78, 5) is 0. The van der Waals surface area contributed by atoms with Crippen LogP contribution in [0.5, 0.6) is 0 Å². The quantitative estimate of drug-likeness (QED) is 0.695. The highest BCUT2D eigenvalue weighted by molar-refractivity contribution is 5.87. The average molecular weight is 229 g/mol. The molecule has 2 rings (SSSR count). The minimum Gasteiger partial charge on any atom is -0.381 e. The third-order valence-electron chi connectivity index (χ3n) is 3.16. The molecule has 1 unspecified atom stereocenters. The molecule has 3 nitrogen and oxygen atoms in total.